The molecule has 24 heavy (non-hydrogen) atoms. The van der Waals surface area contributed by atoms with E-state index in [4.69, 9.17) is 15.2 Å². The van der Waals surface area contributed by atoms with Gasteiger partial charge in [-0.2, -0.15) is 0 Å². The fraction of sp³-hybridized carbons (Fsp3) is 0.562. The van der Waals surface area contributed by atoms with E-state index in [0.29, 0.717) is 19.0 Å². The third kappa shape index (κ3) is 6.67. The summed E-state index contributed by atoms with van der Waals surface area (Å²) in [5, 5.41) is 2.92. The maximum Gasteiger partial charge on any atom is 0.188 e. The van der Waals surface area contributed by atoms with Crippen LogP contribution < -0.4 is 15.8 Å². The number of nitrogens with two attached hydrogens (primary N) is 1. The van der Waals surface area contributed by atoms with Crippen LogP contribution in [-0.4, -0.2) is 63.4 Å². The normalized spacial score (nSPS) is 16.2. The molecule has 1 aromatic carbocycles. The Bertz CT molecular complexity index is 537. The maximum atomic E-state index is 13.0. The summed E-state index contributed by atoms with van der Waals surface area (Å²) in [6, 6.07) is 3.42. The van der Waals surface area contributed by atoms with E-state index in [1.54, 1.807) is 0 Å². The van der Waals surface area contributed by atoms with Gasteiger partial charge in [0.25, 0.3) is 0 Å². The molecule has 0 aromatic heterocycles. The number of hydrogen-bond acceptors (Lipinski definition) is 4. The van der Waals surface area contributed by atoms with Crippen LogP contribution in [0.25, 0.3) is 0 Å². The molecule has 0 atom stereocenters. The predicted octanol–water partition coefficient (Wildman–Crippen LogP) is 0.970. The van der Waals surface area contributed by atoms with Gasteiger partial charge >= 0.3 is 0 Å². The molecule has 1 fully saturated rings. The molecule has 6 nitrogen and oxygen atoms in total. The van der Waals surface area contributed by atoms with Gasteiger partial charge in [-0.05, 0) is 18.6 Å². The average molecular weight is 342 g/mol. The number of nitrogens with one attached hydrogen (secondary N) is 1. The Kier molecular flexibility index (Phi) is 7.70. The second-order valence-corrected chi connectivity index (χ2v) is 5.43. The Morgan fingerprint density at radius 1 is 1.29 bits per heavy atom. The number of morpholine rings is 1. The van der Waals surface area contributed by atoms with Crippen LogP contribution in [0.5, 0.6) is 5.75 Å². The predicted molar refractivity (Wildman–Crippen MR) is 88.2 cm³/mol. The van der Waals surface area contributed by atoms with E-state index in [-0.39, 0.29) is 12.4 Å². The van der Waals surface area contributed by atoms with Gasteiger partial charge in [0.2, 0.25) is 0 Å². The minimum atomic E-state index is -0.929. The van der Waals surface area contributed by atoms with E-state index in [1.165, 1.54) is 6.07 Å². The number of aliphatic imine (C=N–C) groups is 1. The highest BCUT2D eigenvalue weighted by Gasteiger charge is 2.08. The second kappa shape index (κ2) is 10.0. The number of hydrogen-bond donors (Lipinski definition) is 2. The molecule has 0 bridgehead atoms. The number of nitrogens with zero attached hydrogens (tertiary/aromatic N) is 2. The summed E-state index contributed by atoms with van der Waals surface area (Å²) in [5.41, 5.74) is 5.76. The summed E-state index contributed by atoms with van der Waals surface area (Å²) in [6.45, 7) is 5.87. The Balaban J connectivity index is 1.55. The van der Waals surface area contributed by atoms with Crippen LogP contribution in [0.1, 0.15) is 6.42 Å². The van der Waals surface area contributed by atoms with Crippen molar-refractivity contribution < 1.29 is 18.3 Å². The average Bonchev–Trinajstić information content (AvgIpc) is 2.59. The molecule has 0 amide bonds. The summed E-state index contributed by atoms with van der Waals surface area (Å²) in [6.07, 6.45) is 0.938. The number of halogens is 2. The first-order valence-corrected chi connectivity index (χ1v) is 8.07. The van der Waals surface area contributed by atoms with Crippen molar-refractivity contribution in [3.05, 3.63) is 29.8 Å². The Morgan fingerprint density at radius 2 is 2.08 bits per heavy atom. The first-order chi connectivity index (χ1) is 11.6. The third-order valence-corrected chi connectivity index (χ3v) is 3.59. The smallest absolute Gasteiger partial charge is 0.188 e. The summed E-state index contributed by atoms with van der Waals surface area (Å²) >= 11 is 0. The molecule has 0 radical (unpaired) electrons. The Hall–Kier alpha value is -1.93. The van der Waals surface area contributed by atoms with E-state index in [2.05, 4.69) is 15.2 Å². The number of guanidine groups is 1. The van der Waals surface area contributed by atoms with E-state index >= 15 is 0 Å². The van der Waals surface area contributed by atoms with Crippen LogP contribution in [-0.2, 0) is 4.74 Å². The molecule has 1 aromatic rings. The SMILES string of the molecule is NC(=NCCCN1CCOCC1)NCCOc1ccc(F)c(F)c1. The van der Waals surface area contributed by atoms with Gasteiger partial charge in [0, 0.05) is 32.2 Å². The lowest BCUT2D eigenvalue weighted by molar-refractivity contribution is 0.0377. The molecule has 0 saturated carbocycles. The molecule has 1 aliphatic heterocycles. The summed E-state index contributed by atoms with van der Waals surface area (Å²) < 4.78 is 36.4. The first-order valence-electron chi connectivity index (χ1n) is 8.07. The standard InChI is InChI=1S/C16H24F2N4O2/c17-14-3-2-13(12-15(14)18)24-9-5-21-16(19)20-4-1-6-22-7-10-23-11-8-22/h2-3,12H,1,4-11H2,(H3,19,20,21). The Labute approximate surface area is 140 Å². The van der Waals surface area contributed by atoms with Gasteiger partial charge in [0.05, 0.1) is 19.8 Å². The van der Waals surface area contributed by atoms with Crippen LogP contribution in [0.4, 0.5) is 8.78 Å². The minimum Gasteiger partial charge on any atom is -0.492 e. The molecule has 2 rings (SSSR count). The van der Waals surface area contributed by atoms with Gasteiger partial charge in [0.1, 0.15) is 12.4 Å². The highest BCUT2D eigenvalue weighted by molar-refractivity contribution is 5.77. The van der Waals surface area contributed by atoms with Crippen molar-refractivity contribution >= 4 is 5.96 Å². The van der Waals surface area contributed by atoms with Gasteiger partial charge in [-0.25, -0.2) is 8.78 Å². The van der Waals surface area contributed by atoms with Gasteiger partial charge in [-0.15, -0.1) is 0 Å². The van der Waals surface area contributed by atoms with Crippen molar-refractivity contribution in [1.82, 2.24) is 10.2 Å². The molecule has 8 heteroatoms. The largest absolute Gasteiger partial charge is 0.492 e. The topological polar surface area (TPSA) is 72.1 Å². The molecule has 0 unspecified atom stereocenters. The number of ether oxygens (including phenoxy) is 2. The molecular formula is C16H24F2N4O2. The van der Waals surface area contributed by atoms with Crippen molar-refractivity contribution in [3.8, 4) is 5.75 Å². The van der Waals surface area contributed by atoms with Gasteiger partial charge in [-0.1, -0.05) is 0 Å². The van der Waals surface area contributed by atoms with Crippen molar-refractivity contribution in [2.75, 3.05) is 52.5 Å². The Morgan fingerprint density at radius 3 is 2.83 bits per heavy atom. The monoisotopic (exact) mass is 342 g/mol. The van der Waals surface area contributed by atoms with Crippen molar-refractivity contribution in [3.63, 3.8) is 0 Å². The summed E-state index contributed by atoms with van der Waals surface area (Å²) in [7, 11) is 0. The molecule has 1 aliphatic rings. The van der Waals surface area contributed by atoms with Crippen molar-refractivity contribution in [2.24, 2.45) is 10.7 Å². The van der Waals surface area contributed by atoms with Gasteiger partial charge < -0.3 is 20.5 Å². The quantitative estimate of drug-likeness (QED) is 0.418. The molecule has 0 spiro atoms. The van der Waals surface area contributed by atoms with Crippen molar-refractivity contribution in [1.29, 1.82) is 0 Å². The van der Waals surface area contributed by atoms with Crippen LogP contribution in [0.15, 0.2) is 23.2 Å². The van der Waals surface area contributed by atoms with Crippen LogP contribution in [0, 0.1) is 11.6 Å². The number of benzene rings is 1. The van der Waals surface area contributed by atoms with E-state index in [9.17, 15) is 8.78 Å². The second-order valence-electron chi connectivity index (χ2n) is 5.43. The molecule has 134 valence electrons. The zero-order valence-corrected chi connectivity index (χ0v) is 13.6. The number of rotatable bonds is 8. The first kappa shape index (κ1) is 18.4. The minimum absolute atomic E-state index is 0.273. The third-order valence-electron chi connectivity index (χ3n) is 3.59. The maximum absolute atomic E-state index is 13.0. The summed E-state index contributed by atoms with van der Waals surface area (Å²) in [4.78, 5) is 6.58. The lowest BCUT2D eigenvalue weighted by Crippen LogP contribution is -2.37. The molecule has 1 heterocycles. The molecule has 0 aliphatic carbocycles. The lowest BCUT2D eigenvalue weighted by atomic mass is 10.3. The molecule has 1 saturated heterocycles. The summed E-state index contributed by atoms with van der Waals surface area (Å²) in [5.74, 6) is -1.20. The van der Waals surface area contributed by atoms with Crippen LogP contribution in [0.2, 0.25) is 0 Å². The van der Waals surface area contributed by atoms with Crippen LogP contribution >= 0.6 is 0 Å². The fourth-order valence-electron chi connectivity index (χ4n) is 2.29. The van der Waals surface area contributed by atoms with Crippen molar-refractivity contribution in [2.45, 2.75) is 6.42 Å². The lowest BCUT2D eigenvalue weighted by Gasteiger charge is -2.26. The van der Waals surface area contributed by atoms with E-state index < -0.39 is 11.6 Å². The highest BCUT2D eigenvalue weighted by Crippen LogP contribution is 2.14. The van der Waals surface area contributed by atoms with E-state index in [0.717, 1.165) is 51.4 Å². The fourth-order valence-corrected chi connectivity index (χ4v) is 2.29. The van der Waals surface area contributed by atoms with Crippen LogP contribution in [0.3, 0.4) is 0 Å². The molecular weight excluding hydrogens is 318 g/mol. The molecule has 3 N–H and O–H groups in total. The highest BCUT2D eigenvalue weighted by atomic mass is 19.2. The van der Waals surface area contributed by atoms with Gasteiger partial charge in [-0.3, -0.25) is 9.89 Å². The zero-order chi connectivity index (χ0) is 17.2. The van der Waals surface area contributed by atoms with Gasteiger partial charge in [0.15, 0.2) is 17.6 Å². The zero-order valence-electron chi connectivity index (χ0n) is 13.6. The van der Waals surface area contributed by atoms with E-state index in [1.807, 2.05) is 0 Å².